The molecule has 0 saturated carbocycles. The van der Waals surface area contributed by atoms with Crippen molar-refractivity contribution in [2.75, 3.05) is 86.7 Å². The number of carbonyl (C=O) groups is 5. The number of imide groups is 2. The Kier molecular flexibility index (Phi) is 10.6. The minimum atomic E-state index is -0.972. The molecule has 6 aliphatic heterocycles. The van der Waals surface area contributed by atoms with Crippen molar-refractivity contribution < 1.29 is 24.0 Å². The number of nitrogens with one attached hydrogen (secondary N) is 1. The van der Waals surface area contributed by atoms with Gasteiger partial charge in [0.1, 0.15) is 6.04 Å². The maximum atomic E-state index is 13.6. The van der Waals surface area contributed by atoms with E-state index in [0.717, 1.165) is 113 Å². The topological polar surface area (TPSA) is 121 Å². The van der Waals surface area contributed by atoms with Crippen LogP contribution in [0.1, 0.15) is 76.0 Å². The molecular weight excluding hydrogens is 768 g/mol. The van der Waals surface area contributed by atoms with Gasteiger partial charge in [0.05, 0.1) is 17.7 Å². The molecule has 3 aromatic carbocycles. The van der Waals surface area contributed by atoms with E-state index in [1.165, 1.54) is 5.69 Å². The van der Waals surface area contributed by atoms with Crippen molar-refractivity contribution in [2.45, 2.75) is 51.0 Å². The lowest BCUT2D eigenvalue weighted by Crippen LogP contribution is -2.54. The van der Waals surface area contributed by atoms with Crippen molar-refractivity contribution in [3.8, 4) is 0 Å². The number of fused-ring (bicyclic) bond motifs is 1. The van der Waals surface area contributed by atoms with Crippen LogP contribution in [0.15, 0.2) is 60.7 Å². The first kappa shape index (κ1) is 39.0. The van der Waals surface area contributed by atoms with E-state index >= 15 is 0 Å². The van der Waals surface area contributed by atoms with E-state index in [2.05, 4.69) is 41.9 Å². The van der Waals surface area contributed by atoms with Crippen LogP contribution in [0.5, 0.6) is 0 Å². The zero-order chi connectivity index (χ0) is 40.8. The Balaban J connectivity index is 0.712. The van der Waals surface area contributed by atoms with Gasteiger partial charge in [-0.1, -0.05) is 17.7 Å². The van der Waals surface area contributed by atoms with Crippen LogP contribution in [0.3, 0.4) is 0 Å². The Morgan fingerprint density at radius 2 is 1.36 bits per heavy atom. The molecule has 0 radical (unpaired) electrons. The van der Waals surface area contributed by atoms with Gasteiger partial charge >= 0.3 is 0 Å². The minimum Gasteiger partial charge on any atom is -0.371 e. The van der Waals surface area contributed by atoms with Gasteiger partial charge in [-0.25, -0.2) is 4.85 Å². The third kappa shape index (κ3) is 7.64. The van der Waals surface area contributed by atoms with Gasteiger partial charge in [-0.05, 0) is 104 Å². The number of amides is 5. The highest BCUT2D eigenvalue weighted by Crippen LogP contribution is 2.44. The molecule has 6 heterocycles. The smallest absolute Gasteiger partial charge is 0.262 e. The normalized spacial score (nSPS) is 22.6. The van der Waals surface area contributed by atoms with Crippen LogP contribution in [0.2, 0.25) is 5.02 Å². The van der Waals surface area contributed by atoms with Crippen LogP contribution in [0, 0.1) is 17.9 Å². The predicted molar refractivity (Wildman–Crippen MR) is 225 cm³/mol. The van der Waals surface area contributed by atoms with Crippen LogP contribution in [-0.4, -0.2) is 122 Å². The lowest BCUT2D eigenvalue weighted by Gasteiger charge is -2.40. The number of benzene rings is 3. The number of carbonyl (C=O) groups excluding carboxylic acids is 5. The van der Waals surface area contributed by atoms with Crippen LogP contribution < -0.4 is 20.0 Å². The molecule has 1 N–H and O–H groups in total. The van der Waals surface area contributed by atoms with Crippen molar-refractivity contribution >= 4 is 63.9 Å². The van der Waals surface area contributed by atoms with Crippen molar-refractivity contribution in [1.29, 1.82) is 0 Å². The predicted octanol–water partition coefficient (Wildman–Crippen LogP) is 5.46. The highest BCUT2D eigenvalue weighted by molar-refractivity contribution is 6.33. The van der Waals surface area contributed by atoms with Crippen LogP contribution in [-0.2, 0) is 9.59 Å². The molecule has 59 heavy (non-hydrogen) atoms. The second-order valence-corrected chi connectivity index (χ2v) is 17.6. The zero-order valence-corrected chi connectivity index (χ0v) is 34.0. The fourth-order valence-corrected chi connectivity index (χ4v) is 10.3. The number of hydrogen-bond donors (Lipinski definition) is 1. The fraction of sp³-hybridized carbons (Fsp3) is 0.467. The third-order valence-corrected chi connectivity index (χ3v) is 14.0. The van der Waals surface area contributed by atoms with Crippen LogP contribution in [0.4, 0.5) is 22.7 Å². The summed E-state index contributed by atoms with van der Waals surface area (Å²) in [6.45, 7) is 17.0. The lowest BCUT2D eigenvalue weighted by molar-refractivity contribution is -0.136. The van der Waals surface area contributed by atoms with E-state index in [1.54, 1.807) is 12.1 Å². The third-order valence-electron chi connectivity index (χ3n) is 13.7. The molecule has 5 saturated heterocycles. The monoisotopic (exact) mass is 816 g/mol. The van der Waals surface area contributed by atoms with E-state index < -0.39 is 29.7 Å². The number of hydrogen-bond acceptors (Lipinski definition) is 9. The molecule has 0 aliphatic carbocycles. The summed E-state index contributed by atoms with van der Waals surface area (Å²) in [7, 11) is 0. The summed E-state index contributed by atoms with van der Waals surface area (Å²) in [6, 6.07) is 18.3. The van der Waals surface area contributed by atoms with Crippen LogP contribution >= 0.6 is 11.6 Å². The number of nitrogens with zero attached hydrogens (tertiary/aromatic N) is 7. The van der Waals surface area contributed by atoms with Crippen molar-refractivity contribution in [3.63, 3.8) is 0 Å². The molecule has 0 bridgehead atoms. The van der Waals surface area contributed by atoms with E-state index in [1.807, 2.05) is 41.3 Å². The van der Waals surface area contributed by atoms with Gasteiger partial charge in [-0.2, -0.15) is 0 Å². The summed E-state index contributed by atoms with van der Waals surface area (Å²) in [5.41, 5.74) is 5.28. The maximum Gasteiger partial charge on any atom is 0.262 e. The summed E-state index contributed by atoms with van der Waals surface area (Å²) in [4.78, 5) is 80.2. The Hall–Kier alpha value is -5.45. The standard InChI is InChI=1S/C45H49ClN8O5/c1-47-38-9-7-34(27-37(38)46)53-21-16-45(29-53)14-19-51(20-15-45)32-4-2-31(3-5-32)42(57)52-24-22-49(23-25-52)28-30-12-17-50(18-13-30)33-6-8-35-36(26-33)44(59)54(43(35)58)39-10-11-40(55)48-41(39)56/h2-9,26-27,30,39H,10-25,28-29H2,(H,48,55,56). The first-order valence-electron chi connectivity index (χ1n) is 21.0. The minimum absolute atomic E-state index is 0.0902. The first-order valence-corrected chi connectivity index (χ1v) is 21.3. The molecule has 1 spiro atoms. The van der Waals surface area contributed by atoms with Crippen molar-refractivity contribution in [3.05, 3.63) is 93.8 Å². The van der Waals surface area contributed by atoms with Crippen molar-refractivity contribution in [2.24, 2.45) is 11.3 Å². The molecule has 5 fully saturated rings. The van der Waals surface area contributed by atoms with Gasteiger partial charge in [-0.15, -0.1) is 0 Å². The first-order chi connectivity index (χ1) is 28.6. The SMILES string of the molecule is [C-]#[N+]c1ccc(N2CCC3(CCN(c4ccc(C(=O)N5CCN(CC6CCN(c7ccc8c(c7)C(=O)N(C7CCC(=O)NC7=O)C8=O)CC6)CC5)cc4)CC3)C2)cc1Cl. The number of piperidine rings is 3. The van der Waals surface area contributed by atoms with Gasteiger partial charge in [0.15, 0.2) is 0 Å². The molecule has 6 aliphatic rings. The number of halogens is 1. The lowest BCUT2D eigenvalue weighted by atomic mass is 9.77. The summed E-state index contributed by atoms with van der Waals surface area (Å²) in [5, 5.41) is 2.76. The summed E-state index contributed by atoms with van der Waals surface area (Å²) < 4.78 is 0. The van der Waals surface area contributed by atoms with E-state index in [9.17, 15) is 24.0 Å². The second-order valence-electron chi connectivity index (χ2n) is 17.2. The Bertz CT molecular complexity index is 2220. The average Bonchev–Trinajstić information content (AvgIpc) is 3.78. The molecule has 9 rings (SSSR count). The maximum absolute atomic E-state index is 13.6. The van der Waals surface area contributed by atoms with E-state index in [-0.39, 0.29) is 18.7 Å². The van der Waals surface area contributed by atoms with Gasteiger partial charge in [0.2, 0.25) is 17.5 Å². The Labute approximate surface area is 349 Å². The Morgan fingerprint density at radius 3 is 2.03 bits per heavy atom. The van der Waals surface area contributed by atoms with Gasteiger partial charge in [0.25, 0.3) is 17.7 Å². The molecule has 14 heteroatoms. The second kappa shape index (κ2) is 16.0. The van der Waals surface area contributed by atoms with Gasteiger partial charge < -0.3 is 19.6 Å². The highest BCUT2D eigenvalue weighted by atomic mass is 35.5. The molecule has 5 amide bonds. The largest absolute Gasteiger partial charge is 0.371 e. The number of anilines is 3. The van der Waals surface area contributed by atoms with E-state index in [0.29, 0.717) is 46.3 Å². The number of rotatable bonds is 7. The number of piperazine rings is 1. The summed E-state index contributed by atoms with van der Waals surface area (Å²) in [6.07, 6.45) is 5.64. The summed E-state index contributed by atoms with van der Waals surface area (Å²) >= 11 is 6.34. The van der Waals surface area contributed by atoms with Gasteiger partial charge in [0, 0.05) is 106 Å². The molecular formula is C45H49ClN8O5. The molecule has 1 unspecified atom stereocenters. The molecule has 1 atom stereocenters. The Morgan fingerprint density at radius 1 is 0.729 bits per heavy atom. The molecule has 0 aromatic heterocycles. The molecule has 306 valence electrons. The van der Waals surface area contributed by atoms with Crippen molar-refractivity contribution in [1.82, 2.24) is 20.0 Å². The molecule has 13 nitrogen and oxygen atoms in total. The highest BCUT2D eigenvalue weighted by Gasteiger charge is 2.45. The van der Waals surface area contributed by atoms with E-state index in [4.69, 9.17) is 18.2 Å². The quantitative estimate of drug-likeness (QED) is 0.245. The van der Waals surface area contributed by atoms with Crippen LogP contribution in [0.25, 0.3) is 4.85 Å². The average molecular weight is 817 g/mol. The fourth-order valence-electron chi connectivity index (χ4n) is 10.1. The zero-order valence-electron chi connectivity index (χ0n) is 33.2. The van der Waals surface area contributed by atoms with Gasteiger partial charge in [-0.3, -0.25) is 39.1 Å². The molecule has 3 aromatic rings. The summed E-state index contributed by atoms with van der Waals surface area (Å²) in [5.74, 6) is -1.35.